The third-order valence-corrected chi connectivity index (χ3v) is 3.89. The highest BCUT2D eigenvalue weighted by Crippen LogP contribution is 2.28. The second-order valence-electron chi connectivity index (χ2n) is 5.19. The van der Waals surface area contributed by atoms with Gasteiger partial charge in [-0.2, -0.15) is 0 Å². The zero-order valence-electron chi connectivity index (χ0n) is 11.9. The molecule has 8 heteroatoms. The molecule has 0 atom stereocenters. The molecule has 0 aromatic heterocycles. The molecule has 6 nitrogen and oxygen atoms in total. The van der Waals surface area contributed by atoms with Crippen LogP contribution in [-0.2, 0) is 9.59 Å². The quantitative estimate of drug-likeness (QED) is 0.781. The van der Waals surface area contributed by atoms with Crippen molar-refractivity contribution < 1.29 is 14.0 Å². The van der Waals surface area contributed by atoms with Gasteiger partial charge in [0.1, 0.15) is 5.82 Å². The average molecular weight is 343 g/mol. The Labute approximate surface area is 140 Å². The lowest BCUT2D eigenvalue weighted by Gasteiger charge is -1.97. The molecule has 0 radical (unpaired) electrons. The first kappa shape index (κ1) is 14.5. The predicted molar refractivity (Wildman–Crippen MR) is 88.2 cm³/mol. The monoisotopic (exact) mass is 342 g/mol. The number of nitrogens with zero attached hydrogens (tertiary/aromatic N) is 2. The maximum absolute atomic E-state index is 13.4. The molecule has 2 heterocycles. The Hall–Kier alpha value is -3.06. The summed E-state index contributed by atoms with van der Waals surface area (Å²) < 4.78 is 13.4. The van der Waals surface area contributed by atoms with E-state index in [0.29, 0.717) is 27.5 Å². The maximum Gasteiger partial charge on any atom is 0.276 e. The first-order chi connectivity index (χ1) is 11.5. The minimum absolute atomic E-state index is 0.0395. The van der Waals surface area contributed by atoms with E-state index in [1.54, 1.807) is 18.2 Å². The molecule has 2 aromatic rings. The van der Waals surface area contributed by atoms with Crippen LogP contribution in [0.4, 0.5) is 15.8 Å². The third kappa shape index (κ3) is 2.26. The molecule has 0 spiro atoms. The highest BCUT2D eigenvalue weighted by Gasteiger charge is 2.29. The molecule has 0 fully saturated rings. The van der Waals surface area contributed by atoms with Gasteiger partial charge in [-0.1, -0.05) is 11.6 Å². The molecule has 2 N–H and O–H groups in total. The zero-order valence-corrected chi connectivity index (χ0v) is 12.7. The molecule has 0 saturated heterocycles. The summed E-state index contributed by atoms with van der Waals surface area (Å²) in [5.74, 6) is -1.46. The van der Waals surface area contributed by atoms with E-state index in [1.807, 2.05) is 0 Å². The van der Waals surface area contributed by atoms with E-state index in [1.165, 1.54) is 18.2 Å². The van der Waals surface area contributed by atoms with Crippen LogP contribution in [0.2, 0.25) is 5.02 Å². The lowest BCUT2D eigenvalue weighted by molar-refractivity contribution is -0.111. The van der Waals surface area contributed by atoms with E-state index in [4.69, 9.17) is 11.6 Å². The lowest BCUT2D eigenvalue weighted by atomic mass is 10.1. The predicted octanol–water partition coefficient (Wildman–Crippen LogP) is 2.58. The fraction of sp³-hybridized carbons (Fsp3) is 0. The van der Waals surface area contributed by atoms with Crippen molar-refractivity contribution in [2.24, 2.45) is 10.2 Å². The Morgan fingerprint density at radius 2 is 1.38 bits per heavy atom. The van der Waals surface area contributed by atoms with Crippen LogP contribution in [0.15, 0.2) is 46.6 Å². The first-order valence-corrected chi connectivity index (χ1v) is 7.29. The van der Waals surface area contributed by atoms with Gasteiger partial charge >= 0.3 is 0 Å². The summed E-state index contributed by atoms with van der Waals surface area (Å²) in [5, 5.41) is 13.4. The van der Waals surface area contributed by atoms with Gasteiger partial charge in [0, 0.05) is 16.1 Å². The van der Waals surface area contributed by atoms with Gasteiger partial charge < -0.3 is 10.6 Å². The fourth-order valence-corrected chi connectivity index (χ4v) is 2.72. The smallest absolute Gasteiger partial charge is 0.276 e. The normalized spacial score (nSPS) is 18.6. The summed E-state index contributed by atoms with van der Waals surface area (Å²) in [6, 6.07) is 8.73. The molecule has 0 saturated carbocycles. The molecule has 0 unspecified atom stereocenters. The average Bonchev–Trinajstić information content (AvgIpc) is 3.01. The molecule has 24 heavy (non-hydrogen) atoms. The maximum atomic E-state index is 13.4. The summed E-state index contributed by atoms with van der Waals surface area (Å²) in [5.41, 5.74) is 1.78. The van der Waals surface area contributed by atoms with Crippen LogP contribution in [0.25, 0.3) is 0 Å². The highest BCUT2D eigenvalue weighted by atomic mass is 35.5. The Balaban J connectivity index is 1.80. The molecular weight excluding hydrogens is 335 g/mol. The summed E-state index contributed by atoms with van der Waals surface area (Å²) >= 11 is 5.94. The third-order valence-electron chi connectivity index (χ3n) is 3.65. The van der Waals surface area contributed by atoms with E-state index >= 15 is 0 Å². The van der Waals surface area contributed by atoms with Gasteiger partial charge in [0.2, 0.25) is 0 Å². The van der Waals surface area contributed by atoms with Gasteiger partial charge in [-0.15, -0.1) is 10.2 Å². The minimum Gasteiger partial charge on any atom is -0.320 e. The second-order valence-corrected chi connectivity index (χ2v) is 5.62. The number of fused-ring (bicyclic) bond motifs is 2. The van der Waals surface area contributed by atoms with Crippen LogP contribution in [0, 0.1) is 5.82 Å². The first-order valence-electron chi connectivity index (χ1n) is 6.91. The van der Waals surface area contributed by atoms with Crippen molar-refractivity contribution in [1.82, 2.24) is 0 Å². The Morgan fingerprint density at radius 1 is 0.833 bits per heavy atom. The van der Waals surface area contributed by atoms with Crippen LogP contribution < -0.4 is 10.6 Å². The molecule has 2 aliphatic rings. The SMILES string of the molecule is O=C1Nc2ccc(F)cc2/C1=N/N=C1\C(=O)Nc2ccc(Cl)cc21. The van der Waals surface area contributed by atoms with Crippen LogP contribution in [-0.4, -0.2) is 23.2 Å². The Morgan fingerprint density at radius 3 is 2.00 bits per heavy atom. The van der Waals surface area contributed by atoms with Gasteiger partial charge in [-0.3, -0.25) is 9.59 Å². The lowest BCUT2D eigenvalue weighted by Crippen LogP contribution is -2.16. The number of halogens is 2. The molecule has 4 rings (SSSR count). The highest BCUT2D eigenvalue weighted by molar-refractivity contribution is 6.55. The summed E-state index contributed by atoms with van der Waals surface area (Å²) in [6.45, 7) is 0. The number of nitrogens with one attached hydrogen (secondary N) is 2. The number of amides is 2. The molecule has 118 valence electrons. The van der Waals surface area contributed by atoms with Crippen molar-refractivity contribution in [3.8, 4) is 0 Å². The number of carbonyl (C=O) groups excluding carboxylic acids is 2. The molecule has 2 amide bonds. The minimum atomic E-state index is -0.510. The molecule has 0 bridgehead atoms. The van der Waals surface area contributed by atoms with E-state index in [2.05, 4.69) is 20.8 Å². The molecule has 0 aliphatic carbocycles. The number of hydrogen-bond donors (Lipinski definition) is 2. The number of benzene rings is 2. The number of hydrogen-bond acceptors (Lipinski definition) is 4. The molecule has 2 aliphatic heterocycles. The zero-order chi connectivity index (χ0) is 16.8. The Bertz CT molecular complexity index is 905. The van der Waals surface area contributed by atoms with Crippen molar-refractivity contribution >= 4 is 46.2 Å². The summed E-state index contributed by atoms with van der Waals surface area (Å²) in [4.78, 5) is 24.0. The number of anilines is 2. The second kappa shape index (κ2) is 5.24. The fourth-order valence-electron chi connectivity index (χ4n) is 2.55. The van der Waals surface area contributed by atoms with Gasteiger partial charge in [0.25, 0.3) is 11.8 Å². The number of rotatable bonds is 1. The molecular formula is C16H8ClFN4O2. The van der Waals surface area contributed by atoms with Gasteiger partial charge in [0.15, 0.2) is 11.4 Å². The van der Waals surface area contributed by atoms with Crippen molar-refractivity contribution in [2.75, 3.05) is 10.6 Å². The van der Waals surface area contributed by atoms with Gasteiger partial charge in [0.05, 0.1) is 11.4 Å². The van der Waals surface area contributed by atoms with Crippen molar-refractivity contribution in [2.45, 2.75) is 0 Å². The topological polar surface area (TPSA) is 82.9 Å². The van der Waals surface area contributed by atoms with Crippen molar-refractivity contribution in [3.63, 3.8) is 0 Å². The van der Waals surface area contributed by atoms with Gasteiger partial charge in [-0.05, 0) is 36.4 Å². The summed E-state index contributed by atoms with van der Waals surface area (Å²) in [6.07, 6.45) is 0. The Kier molecular flexibility index (Phi) is 3.17. The van der Waals surface area contributed by atoms with Crippen LogP contribution in [0.5, 0.6) is 0 Å². The standard InChI is InChI=1S/C16H8ClFN4O2/c17-7-1-3-11-9(5-7)13(15(23)19-11)21-22-14-10-6-8(18)2-4-12(10)20-16(14)24/h1-6H,(H,19,21,23)(H,20,22,24). The van der Waals surface area contributed by atoms with E-state index < -0.39 is 17.6 Å². The van der Waals surface area contributed by atoms with E-state index in [0.717, 1.165) is 0 Å². The largest absolute Gasteiger partial charge is 0.320 e. The molecule has 2 aromatic carbocycles. The van der Waals surface area contributed by atoms with Crippen LogP contribution in [0.1, 0.15) is 11.1 Å². The van der Waals surface area contributed by atoms with Crippen LogP contribution >= 0.6 is 11.6 Å². The van der Waals surface area contributed by atoms with Crippen LogP contribution in [0.3, 0.4) is 0 Å². The van der Waals surface area contributed by atoms with Crippen molar-refractivity contribution in [1.29, 1.82) is 0 Å². The number of carbonyl (C=O) groups is 2. The van der Waals surface area contributed by atoms with E-state index in [-0.39, 0.29) is 11.4 Å². The van der Waals surface area contributed by atoms with E-state index in [9.17, 15) is 14.0 Å². The van der Waals surface area contributed by atoms with Gasteiger partial charge in [-0.25, -0.2) is 4.39 Å². The summed E-state index contributed by atoms with van der Waals surface area (Å²) in [7, 11) is 0. The van der Waals surface area contributed by atoms with Crippen molar-refractivity contribution in [3.05, 3.63) is 58.4 Å².